The third-order valence-corrected chi connectivity index (χ3v) is 6.88. The smallest absolute Gasteiger partial charge is 0.230 e. The fraction of sp³-hybridized carbons (Fsp3) is 0.684. The Bertz CT molecular complexity index is 644. The number of hydrogen-bond donors (Lipinski definition) is 0. The summed E-state index contributed by atoms with van der Waals surface area (Å²) in [4.78, 5) is 33.0. The van der Waals surface area contributed by atoms with Crippen molar-refractivity contribution in [2.75, 3.05) is 59.0 Å². The Morgan fingerprint density at radius 2 is 1.96 bits per heavy atom. The number of thiophene rings is 1. The minimum Gasteiger partial charge on any atom is -0.379 e. The molecule has 1 unspecified atom stereocenters. The zero-order valence-electron chi connectivity index (χ0n) is 15.2. The number of morpholine rings is 1. The van der Waals surface area contributed by atoms with Crippen molar-refractivity contribution >= 4 is 23.2 Å². The number of ether oxygens (including phenoxy) is 1. The van der Waals surface area contributed by atoms with Crippen LogP contribution in [0.2, 0.25) is 0 Å². The van der Waals surface area contributed by atoms with Crippen molar-refractivity contribution in [2.24, 2.45) is 5.41 Å². The quantitative estimate of drug-likeness (QED) is 0.770. The summed E-state index contributed by atoms with van der Waals surface area (Å²) >= 11 is 1.62. The number of hydrogen-bond acceptors (Lipinski definition) is 5. The van der Waals surface area contributed by atoms with Crippen molar-refractivity contribution in [3.05, 3.63) is 22.4 Å². The molecule has 1 spiro atoms. The maximum Gasteiger partial charge on any atom is 0.230 e. The van der Waals surface area contributed by atoms with Crippen LogP contribution < -0.4 is 0 Å². The van der Waals surface area contributed by atoms with Gasteiger partial charge in [-0.25, -0.2) is 0 Å². The molecule has 0 radical (unpaired) electrons. The van der Waals surface area contributed by atoms with Crippen LogP contribution in [-0.2, 0) is 20.7 Å². The first-order valence-corrected chi connectivity index (χ1v) is 10.4. The molecule has 0 N–H and O–H groups in total. The summed E-state index contributed by atoms with van der Waals surface area (Å²) in [5.74, 6) is 0.418. The van der Waals surface area contributed by atoms with Gasteiger partial charge in [0, 0.05) is 50.7 Å². The van der Waals surface area contributed by atoms with Gasteiger partial charge in [-0.2, -0.15) is 0 Å². The van der Waals surface area contributed by atoms with Gasteiger partial charge in [-0.3, -0.25) is 14.5 Å². The van der Waals surface area contributed by atoms with E-state index in [1.165, 1.54) is 0 Å². The van der Waals surface area contributed by atoms with Crippen LogP contribution in [0.15, 0.2) is 17.5 Å². The molecule has 3 saturated heterocycles. The number of likely N-dealkylation sites (tertiary alicyclic amines) is 2. The average molecular weight is 378 g/mol. The van der Waals surface area contributed by atoms with Crippen LogP contribution in [0, 0.1) is 5.41 Å². The van der Waals surface area contributed by atoms with Gasteiger partial charge in [-0.15, -0.1) is 11.3 Å². The highest BCUT2D eigenvalue weighted by molar-refractivity contribution is 7.10. The molecule has 7 heteroatoms. The van der Waals surface area contributed by atoms with Gasteiger partial charge in [-0.1, -0.05) is 6.07 Å². The van der Waals surface area contributed by atoms with E-state index in [1.54, 1.807) is 11.3 Å². The third kappa shape index (κ3) is 3.66. The third-order valence-electron chi connectivity index (χ3n) is 6.00. The Morgan fingerprint density at radius 1 is 1.15 bits per heavy atom. The van der Waals surface area contributed by atoms with E-state index in [0.29, 0.717) is 19.5 Å². The molecule has 4 heterocycles. The normalized spacial score (nSPS) is 27.0. The largest absolute Gasteiger partial charge is 0.379 e. The van der Waals surface area contributed by atoms with Gasteiger partial charge in [0.15, 0.2) is 0 Å². The molecule has 6 nitrogen and oxygen atoms in total. The minimum absolute atomic E-state index is 0.156. The molecular weight excluding hydrogens is 350 g/mol. The summed E-state index contributed by atoms with van der Waals surface area (Å²) in [6.45, 7) is 7.36. The number of carbonyl (C=O) groups excluding carboxylic acids is 2. The summed E-state index contributed by atoms with van der Waals surface area (Å²) in [6.07, 6.45) is 2.16. The fourth-order valence-corrected chi connectivity index (χ4v) is 5.03. The minimum atomic E-state index is -0.323. The first-order valence-electron chi connectivity index (χ1n) is 9.56. The van der Waals surface area contributed by atoms with Crippen LogP contribution in [0.25, 0.3) is 0 Å². The molecule has 4 rings (SSSR count). The van der Waals surface area contributed by atoms with E-state index in [9.17, 15) is 9.59 Å². The molecule has 142 valence electrons. The van der Waals surface area contributed by atoms with Gasteiger partial charge in [-0.05, 0) is 24.3 Å². The molecule has 2 amide bonds. The van der Waals surface area contributed by atoms with E-state index < -0.39 is 0 Å². The second-order valence-corrected chi connectivity index (χ2v) is 8.63. The highest BCUT2D eigenvalue weighted by atomic mass is 32.1. The predicted octanol–water partition coefficient (Wildman–Crippen LogP) is 1.07. The van der Waals surface area contributed by atoms with E-state index in [2.05, 4.69) is 4.90 Å². The molecular formula is C19H27N3O3S. The van der Waals surface area contributed by atoms with E-state index in [1.807, 2.05) is 27.3 Å². The lowest BCUT2D eigenvalue weighted by Crippen LogP contribution is -2.44. The maximum atomic E-state index is 13.0. The van der Waals surface area contributed by atoms with E-state index >= 15 is 0 Å². The summed E-state index contributed by atoms with van der Waals surface area (Å²) in [6, 6.07) is 3.98. The Hall–Kier alpha value is -1.44. The van der Waals surface area contributed by atoms with Gasteiger partial charge >= 0.3 is 0 Å². The van der Waals surface area contributed by atoms with Crippen molar-refractivity contribution in [3.8, 4) is 0 Å². The number of amides is 2. The van der Waals surface area contributed by atoms with Gasteiger partial charge in [0.25, 0.3) is 0 Å². The second kappa shape index (κ2) is 7.66. The lowest BCUT2D eigenvalue weighted by Gasteiger charge is -2.29. The van der Waals surface area contributed by atoms with Gasteiger partial charge in [0.05, 0.1) is 25.0 Å². The molecule has 3 aliphatic heterocycles. The predicted molar refractivity (Wildman–Crippen MR) is 100 cm³/mol. The summed E-state index contributed by atoms with van der Waals surface area (Å²) < 4.78 is 5.38. The topological polar surface area (TPSA) is 53.1 Å². The van der Waals surface area contributed by atoms with E-state index in [-0.39, 0.29) is 17.2 Å². The van der Waals surface area contributed by atoms with Gasteiger partial charge < -0.3 is 14.5 Å². The van der Waals surface area contributed by atoms with Crippen LogP contribution in [0.1, 0.15) is 17.7 Å². The lowest BCUT2D eigenvalue weighted by molar-refractivity contribution is -0.136. The van der Waals surface area contributed by atoms with Crippen molar-refractivity contribution in [1.82, 2.24) is 14.7 Å². The number of carbonyl (C=O) groups is 2. The Morgan fingerprint density at radius 3 is 2.73 bits per heavy atom. The Balaban J connectivity index is 1.30. The van der Waals surface area contributed by atoms with Crippen LogP contribution in [-0.4, -0.2) is 85.5 Å². The monoisotopic (exact) mass is 377 g/mol. The molecule has 0 saturated carbocycles. The lowest BCUT2D eigenvalue weighted by atomic mass is 9.85. The molecule has 1 aromatic heterocycles. The van der Waals surface area contributed by atoms with Crippen LogP contribution >= 0.6 is 11.3 Å². The highest BCUT2D eigenvalue weighted by Crippen LogP contribution is 2.40. The second-order valence-electron chi connectivity index (χ2n) is 7.60. The standard InChI is InChI=1S/C19H27N3O3S/c23-17(14-16-2-1-13-26-16)22-6-4-19(15-22)3-5-21(18(19)24)8-7-20-9-11-25-12-10-20/h1-2,13H,3-12,14-15H2. The highest BCUT2D eigenvalue weighted by Gasteiger charge is 2.51. The molecule has 1 aromatic rings. The molecule has 0 aromatic carbocycles. The van der Waals surface area contributed by atoms with Gasteiger partial charge in [0.2, 0.25) is 11.8 Å². The molecule has 0 bridgehead atoms. The molecule has 0 aliphatic carbocycles. The summed E-state index contributed by atoms with van der Waals surface area (Å²) in [5, 5.41) is 2.00. The molecule has 3 fully saturated rings. The zero-order chi connectivity index (χ0) is 18.0. The average Bonchev–Trinajstić information content (AvgIpc) is 3.38. The summed E-state index contributed by atoms with van der Waals surface area (Å²) in [5.41, 5.74) is -0.323. The molecule has 1 atom stereocenters. The number of nitrogens with zero attached hydrogens (tertiary/aromatic N) is 3. The van der Waals surface area contributed by atoms with Crippen molar-refractivity contribution in [3.63, 3.8) is 0 Å². The van der Waals surface area contributed by atoms with Crippen LogP contribution in [0.5, 0.6) is 0 Å². The summed E-state index contributed by atoms with van der Waals surface area (Å²) in [7, 11) is 0. The Labute approximate surface area is 158 Å². The molecule has 3 aliphatic rings. The van der Waals surface area contributed by atoms with Crippen LogP contribution in [0.3, 0.4) is 0 Å². The van der Waals surface area contributed by atoms with E-state index in [0.717, 1.165) is 63.7 Å². The zero-order valence-corrected chi connectivity index (χ0v) is 16.0. The maximum absolute atomic E-state index is 13.0. The first-order chi connectivity index (χ1) is 12.7. The fourth-order valence-electron chi connectivity index (χ4n) is 4.33. The SMILES string of the molecule is O=C(Cc1cccs1)N1CCC2(CCN(CCN3CCOCC3)C2=O)C1. The van der Waals surface area contributed by atoms with Crippen molar-refractivity contribution in [2.45, 2.75) is 19.3 Å². The van der Waals surface area contributed by atoms with Crippen LogP contribution in [0.4, 0.5) is 0 Å². The first kappa shape index (κ1) is 17.9. The van der Waals surface area contributed by atoms with Crippen molar-refractivity contribution < 1.29 is 14.3 Å². The van der Waals surface area contributed by atoms with E-state index in [4.69, 9.17) is 4.74 Å². The van der Waals surface area contributed by atoms with Gasteiger partial charge in [0.1, 0.15) is 0 Å². The molecule has 26 heavy (non-hydrogen) atoms. The van der Waals surface area contributed by atoms with Crippen molar-refractivity contribution in [1.29, 1.82) is 0 Å². The number of rotatable bonds is 5. The Kier molecular flexibility index (Phi) is 5.29.